The van der Waals surface area contributed by atoms with Crippen molar-refractivity contribution in [1.82, 2.24) is 19.5 Å². The van der Waals surface area contributed by atoms with Crippen molar-refractivity contribution in [3.63, 3.8) is 0 Å². The third kappa shape index (κ3) is 4.45. The van der Waals surface area contributed by atoms with Crippen molar-refractivity contribution in [3.8, 4) is 17.0 Å². The SMILES string of the molecule is CN1CCC[C@@H](Nc2nnc(-c3ccc(C(F)(F)F)cc3OC(F)F)c3c(F)ccn23)C1. The maximum absolute atomic E-state index is 14.7. The van der Waals surface area contributed by atoms with Crippen molar-refractivity contribution in [2.24, 2.45) is 0 Å². The Kier molecular flexibility index (Phi) is 5.89. The van der Waals surface area contributed by atoms with Gasteiger partial charge < -0.3 is 15.0 Å². The quantitative estimate of drug-likeness (QED) is 0.563. The molecule has 1 atom stereocenters. The van der Waals surface area contributed by atoms with Gasteiger partial charge in [-0.05, 0) is 50.7 Å². The van der Waals surface area contributed by atoms with E-state index in [0.29, 0.717) is 12.1 Å². The highest BCUT2D eigenvalue weighted by atomic mass is 19.4. The molecule has 3 heterocycles. The Morgan fingerprint density at radius 1 is 1.19 bits per heavy atom. The molecule has 0 saturated carbocycles. The van der Waals surface area contributed by atoms with Crippen LogP contribution in [-0.2, 0) is 6.18 Å². The van der Waals surface area contributed by atoms with Crippen LogP contribution in [0.5, 0.6) is 5.75 Å². The van der Waals surface area contributed by atoms with Crippen LogP contribution in [0.3, 0.4) is 0 Å². The van der Waals surface area contributed by atoms with E-state index >= 15 is 0 Å². The van der Waals surface area contributed by atoms with Gasteiger partial charge in [0.25, 0.3) is 0 Å². The number of benzene rings is 1. The Bertz CT molecular complexity index is 1120. The van der Waals surface area contributed by atoms with Gasteiger partial charge in [0.1, 0.15) is 17.0 Å². The number of anilines is 1. The van der Waals surface area contributed by atoms with Gasteiger partial charge in [-0.2, -0.15) is 22.0 Å². The number of ether oxygens (including phenoxy) is 1. The highest BCUT2D eigenvalue weighted by Crippen LogP contribution is 2.39. The number of aromatic nitrogens is 3. The van der Waals surface area contributed by atoms with E-state index in [0.717, 1.165) is 38.1 Å². The summed E-state index contributed by atoms with van der Waals surface area (Å²) in [7, 11) is 1.97. The molecule has 3 aromatic rings. The molecule has 0 aliphatic carbocycles. The molecule has 1 aromatic carbocycles. The number of nitrogens with one attached hydrogen (secondary N) is 1. The van der Waals surface area contributed by atoms with Crippen LogP contribution in [0, 0.1) is 5.82 Å². The molecule has 1 fully saturated rings. The van der Waals surface area contributed by atoms with Crippen LogP contribution in [0.4, 0.5) is 32.3 Å². The standard InChI is InChI=1S/C20H19F6N5O/c1-30-7-2-3-12(10-30)27-19-29-28-16(17-14(21)6-8-31(17)19)13-5-4-11(20(24,25)26)9-15(13)32-18(22)23/h4-6,8-9,12,18H,2-3,7,10H2,1H3,(H,27,29)/t12-/m1/s1. The van der Waals surface area contributed by atoms with E-state index in [2.05, 4.69) is 25.2 Å². The minimum Gasteiger partial charge on any atom is -0.434 e. The average Bonchev–Trinajstić information content (AvgIpc) is 3.10. The predicted octanol–water partition coefficient (Wildman–Crippen LogP) is 4.66. The molecule has 0 unspecified atom stereocenters. The maximum atomic E-state index is 14.7. The van der Waals surface area contributed by atoms with Crippen molar-refractivity contribution in [1.29, 1.82) is 0 Å². The van der Waals surface area contributed by atoms with Gasteiger partial charge in [-0.15, -0.1) is 10.2 Å². The van der Waals surface area contributed by atoms with Gasteiger partial charge in [-0.25, -0.2) is 4.39 Å². The van der Waals surface area contributed by atoms with Gasteiger partial charge in [-0.1, -0.05) is 0 Å². The fraction of sp³-hybridized carbons (Fsp3) is 0.400. The number of nitrogens with zero attached hydrogens (tertiary/aromatic N) is 4. The van der Waals surface area contributed by atoms with E-state index < -0.39 is 29.9 Å². The number of alkyl halides is 5. The number of piperidine rings is 1. The largest absolute Gasteiger partial charge is 0.434 e. The van der Waals surface area contributed by atoms with Crippen LogP contribution < -0.4 is 10.1 Å². The van der Waals surface area contributed by atoms with Crippen LogP contribution in [0.2, 0.25) is 0 Å². The monoisotopic (exact) mass is 459 g/mol. The number of fused-ring (bicyclic) bond motifs is 1. The summed E-state index contributed by atoms with van der Waals surface area (Å²) in [5.74, 6) is -1.28. The first-order valence-corrected chi connectivity index (χ1v) is 9.78. The summed E-state index contributed by atoms with van der Waals surface area (Å²) in [4.78, 5) is 2.13. The van der Waals surface area contributed by atoms with E-state index in [1.54, 1.807) is 0 Å². The maximum Gasteiger partial charge on any atom is 0.416 e. The van der Waals surface area contributed by atoms with Crippen molar-refractivity contribution < 1.29 is 31.1 Å². The summed E-state index contributed by atoms with van der Waals surface area (Å²) < 4.78 is 85.3. The molecule has 1 aliphatic rings. The number of likely N-dealkylation sites (N-methyl/N-ethyl adjacent to an activating group) is 1. The van der Waals surface area contributed by atoms with Gasteiger partial charge in [0, 0.05) is 24.3 Å². The summed E-state index contributed by atoms with van der Waals surface area (Å²) >= 11 is 0. The topological polar surface area (TPSA) is 54.7 Å². The van der Waals surface area contributed by atoms with Crippen LogP contribution >= 0.6 is 0 Å². The van der Waals surface area contributed by atoms with Crippen LogP contribution in [0.25, 0.3) is 16.8 Å². The van der Waals surface area contributed by atoms with Gasteiger partial charge in [0.15, 0.2) is 5.82 Å². The third-order valence-electron chi connectivity index (χ3n) is 5.27. The van der Waals surface area contributed by atoms with Crippen molar-refractivity contribution >= 4 is 11.5 Å². The number of halogens is 6. The zero-order chi connectivity index (χ0) is 23.0. The van der Waals surface area contributed by atoms with E-state index in [1.807, 2.05) is 7.05 Å². The molecular weight excluding hydrogens is 440 g/mol. The molecule has 1 aliphatic heterocycles. The van der Waals surface area contributed by atoms with Crippen molar-refractivity contribution in [3.05, 3.63) is 41.8 Å². The van der Waals surface area contributed by atoms with Crippen LogP contribution in [0.1, 0.15) is 18.4 Å². The van der Waals surface area contributed by atoms with Crippen LogP contribution in [0.15, 0.2) is 30.5 Å². The van der Waals surface area contributed by atoms with Gasteiger partial charge in [0.2, 0.25) is 5.95 Å². The zero-order valence-electron chi connectivity index (χ0n) is 16.8. The fourth-order valence-corrected chi connectivity index (χ4v) is 3.84. The number of hydrogen-bond donors (Lipinski definition) is 1. The molecule has 1 N–H and O–H groups in total. The van der Waals surface area contributed by atoms with Gasteiger partial charge >= 0.3 is 12.8 Å². The fourth-order valence-electron chi connectivity index (χ4n) is 3.84. The first kappa shape index (κ1) is 22.2. The lowest BCUT2D eigenvalue weighted by Crippen LogP contribution is -2.40. The summed E-state index contributed by atoms with van der Waals surface area (Å²) in [5, 5.41) is 11.2. The molecule has 0 bridgehead atoms. The lowest BCUT2D eigenvalue weighted by atomic mass is 10.1. The minimum absolute atomic E-state index is 0.0337. The highest BCUT2D eigenvalue weighted by molar-refractivity contribution is 5.82. The number of rotatable bonds is 5. The molecule has 4 rings (SSSR count). The number of likely N-dealkylation sites (tertiary alicyclic amines) is 1. The number of hydrogen-bond acceptors (Lipinski definition) is 5. The zero-order valence-corrected chi connectivity index (χ0v) is 16.8. The summed E-state index contributed by atoms with van der Waals surface area (Å²) in [5.41, 5.74) is -1.76. The van der Waals surface area contributed by atoms with Gasteiger partial charge in [0.05, 0.1) is 5.56 Å². The van der Waals surface area contributed by atoms with Gasteiger partial charge in [-0.3, -0.25) is 4.40 Å². The average molecular weight is 459 g/mol. The third-order valence-corrected chi connectivity index (χ3v) is 5.27. The Morgan fingerprint density at radius 2 is 1.97 bits per heavy atom. The molecule has 0 spiro atoms. The molecule has 0 amide bonds. The molecule has 0 radical (unpaired) electrons. The van der Waals surface area contributed by atoms with Crippen LogP contribution in [-0.4, -0.2) is 52.3 Å². The van der Waals surface area contributed by atoms with E-state index in [1.165, 1.54) is 10.6 Å². The highest BCUT2D eigenvalue weighted by Gasteiger charge is 2.32. The lowest BCUT2D eigenvalue weighted by Gasteiger charge is -2.30. The molecule has 12 heteroatoms. The Morgan fingerprint density at radius 3 is 2.66 bits per heavy atom. The summed E-state index contributed by atoms with van der Waals surface area (Å²) in [6.45, 7) is -1.70. The molecular formula is C20H19F6N5O. The second-order valence-electron chi connectivity index (χ2n) is 7.59. The molecule has 32 heavy (non-hydrogen) atoms. The van der Waals surface area contributed by atoms with Crippen molar-refractivity contribution in [2.45, 2.75) is 31.7 Å². The Labute approximate surface area is 178 Å². The molecule has 6 nitrogen and oxygen atoms in total. The lowest BCUT2D eigenvalue weighted by molar-refractivity contribution is -0.138. The second-order valence-corrected chi connectivity index (χ2v) is 7.59. The van der Waals surface area contributed by atoms with E-state index in [4.69, 9.17) is 0 Å². The minimum atomic E-state index is -4.78. The van der Waals surface area contributed by atoms with E-state index in [-0.39, 0.29) is 28.8 Å². The predicted molar refractivity (Wildman–Crippen MR) is 104 cm³/mol. The first-order chi connectivity index (χ1) is 15.1. The smallest absolute Gasteiger partial charge is 0.416 e. The second kappa shape index (κ2) is 8.49. The Balaban J connectivity index is 1.79. The molecule has 1 saturated heterocycles. The molecule has 2 aromatic heterocycles. The summed E-state index contributed by atoms with van der Waals surface area (Å²) in [6.07, 6.45) is -1.57. The summed E-state index contributed by atoms with van der Waals surface area (Å²) in [6, 6.07) is 3.21. The normalized spacial score (nSPS) is 17.8. The first-order valence-electron chi connectivity index (χ1n) is 9.78. The van der Waals surface area contributed by atoms with Crippen molar-refractivity contribution in [2.75, 3.05) is 25.5 Å². The molecule has 172 valence electrons. The Hall–Kier alpha value is -3.02. The van der Waals surface area contributed by atoms with E-state index in [9.17, 15) is 26.3 Å².